The molecule has 0 unspecified atom stereocenters. The molecular formula is C17H27NO2S. The summed E-state index contributed by atoms with van der Waals surface area (Å²) >= 11 is 1.78. The van der Waals surface area contributed by atoms with Crippen LogP contribution < -0.4 is 0 Å². The van der Waals surface area contributed by atoms with E-state index in [-0.39, 0.29) is 0 Å². The van der Waals surface area contributed by atoms with Gasteiger partial charge in [-0.25, -0.2) is 0 Å². The lowest BCUT2D eigenvalue weighted by atomic mass is 10.1. The molecule has 1 aliphatic heterocycles. The third-order valence-corrected chi connectivity index (χ3v) is 4.79. The summed E-state index contributed by atoms with van der Waals surface area (Å²) in [5.74, 6) is 0.899. The van der Waals surface area contributed by atoms with Crippen molar-refractivity contribution >= 4 is 17.2 Å². The highest BCUT2D eigenvalue weighted by Gasteiger charge is 2.22. The van der Waals surface area contributed by atoms with Crippen LogP contribution in [0.15, 0.2) is 17.5 Å². The third-order valence-electron chi connectivity index (χ3n) is 3.85. The van der Waals surface area contributed by atoms with Gasteiger partial charge in [0.15, 0.2) is 0 Å². The van der Waals surface area contributed by atoms with Gasteiger partial charge in [-0.15, -0.1) is 11.3 Å². The Hall–Kier alpha value is -0.870. The molecule has 0 N–H and O–H groups in total. The molecule has 0 aromatic carbocycles. The molecule has 1 fully saturated rings. The van der Waals surface area contributed by atoms with Crippen LogP contribution >= 0.6 is 11.3 Å². The van der Waals surface area contributed by atoms with Crippen LogP contribution in [0.1, 0.15) is 44.4 Å². The molecule has 2 rings (SSSR count). The average molecular weight is 309 g/mol. The fourth-order valence-corrected chi connectivity index (χ4v) is 3.38. The van der Waals surface area contributed by atoms with Gasteiger partial charge in [-0.3, -0.25) is 4.79 Å². The zero-order chi connectivity index (χ0) is 15.1. The van der Waals surface area contributed by atoms with Crippen molar-refractivity contribution in [2.45, 2.75) is 52.1 Å². The maximum Gasteiger partial charge on any atom is 0.222 e. The number of hydrogen-bond acceptors (Lipinski definition) is 3. The Balaban J connectivity index is 1.61. The molecule has 0 radical (unpaired) electrons. The number of piperidine rings is 1. The van der Waals surface area contributed by atoms with Crippen molar-refractivity contribution in [3.63, 3.8) is 0 Å². The topological polar surface area (TPSA) is 29.5 Å². The standard InChI is InChI=1S/C17H27NO2S/c1-14(2)13-20-15-8-10-18(11-9-15)17(19)7-3-5-16-6-4-12-21-16/h4,6,12,14-15H,3,5,7-11,13H2,1-2H3. The highest BCUT2D eigenvalue weighted by molar-refractivity contribution is 7.09. The number of aryl methyl sites for hydroxylation is 1. The molecule has 1 aliphatic rings. The van der Waals surface area contributed by atoms with Crippen molar-refractivity contribution in [1.29, 1.82) is 0 Å². The zero-order valence-electron chi connectivity index (χ0n) is 13.2. The summed E-state index contributed by atoms with van der Waals surface area (Å²) < 4.78 is 5.87. The lowest BCUT2D eigenvalue weighted by Crippen LogP contribution is -2.41. The Labute approximate surface area is 132 Å². The number of thiophene rings is 1. The lowest BCUT2D eigenvalue weighted by Gasteiger charge is -2.32. The van der Waals surface area contributed by atoms with Gasteiger partial charge >= 0.3 is 0 Å². The molecule has 0 spiro atoms. The normalized spacial score (nSPS) is 16.6. The van der Waals surface area contributed by atoms with E-state index in [1.54, 1.807) is 11.3 Å². The molecule has 2 heterocycles. The lowest BCUT2D eigenvalue weighted by molar-refractivity contribution is -0.134. The van der Waals surface area contributed by atoms with Crippen LogP contribution in [0.2, 0.25) is 0 Å². The SMILES string of the molecule is CC(C)COC1CCN(C(=O)CCCc2cccs2)CC1. The highest BCUT2D eigenvalue weighted by atomic mass is 32.1. The van der Waals surface area contributed by atoms with Crippen LogP contribution in [0.3, 0.4) is 0 Å². The molecule has 1 aromatic rings. The molecule has 0 bridgehead atoms. The Morgan fingerprint density at radius 1 is 1.43 bits per heavy atom. The van der Waals surface area contributed by atoms with E-state index in [9.17, 15) is 4.79 Å². The maximum absolute atomic E-state index is 12.2. The summed E-state index contributed by atoms with van der Waals surface area (Å²) in [5.41, 5.74) is 0. The monoisotopic (exact) mass is 309 g/mol. The molecule has 1 amide bonds. The third kappa shape index (κ3) is 5.79. The molecule has 0 atom stereocenters. The van der Waals surface area contributed by atoms with E-state index in [2.05, 4.69) is 31.4 Å². The fourth-order valence-electron chi connectivity index (χ4n) is 2.63. The number of carbonyl (C=O) groups is 1. The summed E-state index contributed by atoms with van der Waals surface area (Å²) in [6, 6.07) is 4.22. The van der Waals surface area contributed by atoms with Crippen LogP contribution in [0.5, 0.6) is 0 Å². The summed E-state index contributed by atoms with van der Waals surface area (Å²) in [4.78, 5) is 15.6. The largest absolute Gasteiger partial charge is 0.378 e. The predicted octanol–water partition coefficient (Wildman–Crippen LogP) is 3.73. The molecule has 1 aromatic heterocycles. The molecule has 21 heavy (non-hydrogen) atoms. The van der Waals surface area contributed by atoms with E-state index in [1.807, 2.05) is 4.90 Å². The summed E-state index contributed by atoms with van der Waals surface area (Å²) in [6.07, 6.45) is 4.99. The van der Waals surface area contributed by atoms with Gasteiger partial charge in [-0.2, -0.15) is 0 Å². The number of likely N-dealkylation sites (tertiary alicyclic amines) is 1. The summed E-state index contributed by atoms with van der Waals surface area (Å²) in [6.45, 7) is 6.90. The first kappa shape index (κ1) is 16.5. The summed E-state index contributed by atoms with van der Waals surface area (Å²) in [7, 11) is 0. The van der Waals surface area contributed by atoms with Crippen molar-refractivity contribution < 1.29 is 9.53 Å². The van der Waals surface area contributed by atoms with Gasteiger partial charge in [0, 0.05) is 31.0 Å². The van der Waals surface area contributed by atoms with Crippen LogP contribution in [0, 0.1) is 5.92 Å². The van der Waals surface area contributed by atoms with E-state index in [0.717, 1.165) is 45.4 Å². The predicted molar refractivity (Wildman–Crippen MR) is 87.6 cm³/mol. The van der Waals surface area contributed by atoms with E-state index in [0.29, 0.717) is 24.3 Å². The molecule has 118 valence electrons. The van der Waals surface area contributed by atoms with Crippen LogP contribution in [-0.4, -0.2) is 36.6 Å². The minimum Gasteiger partial charge on any atom is -0.378 e. The molecule has 0 aliphatic carbocycles. The van der Waals surface area contributed by atoms with Crippen molar-refractivity contribution in [2.75, 3.05) is 19.7 Å². The van der Waals surface area contributed by atoms with Crippen LogP contribution in [0.4, 0.5) is 0 Å². The second kappa shape index (κ2) is 8.54. The maximum atomic E-state index is 12.2. The average Bonchev–Trinajstić information content (AvgIpc) is 2.99. The Morgan fingerprint density at radius 2 is 2.19 bits per heavy atom. The molecule has 1 saturated heterocycles. The van der Waals surface area contributed by atoms with Crippen molar-refractivity contribution in [3.05, 3.63) is 22.4 Å². The van der Waals surface area contributed by atoms with E-state index in [1.165, 1.54) is 4.88 Å². The second-order valence-electron chi connectivity index (χ2n) is 6.24. The molecular weight excluding hydrogens is 282 g/mol. The number of carbonyl (C=O) groups excluding carboxylic acids is 1. The highest BCUT2D eigenvalue weighted by Crippen LogP contribution is 2.17. The van der Waals surface area contributed by atoms with Crippen LogP contribution in [0.25, 0.3) is 0 Å². The van der Waals surface area contributed by atoms with E-state index in [4.69, 9.17) is 4.74 Å². The van der Waals surface area contributed by atoms with Gasteiger partial charge in [-0.05, 0) is 43.0 Å². The minimum absolute atomic E-state index is 0.314. The number of hydrogen-bond donors (Lipinski definition) is 0. The van der Waals surface area contributed by atoms with E-state index < -0.39 is 0 Å². The Kier molecular flexibility index (Phi) is 6.71. The number of ether oxygens (including phenoxy) is 1. The van der Waals surface area contributed by atoms with Crippen molar-refractivity contribution in [1.82, 2.24) is 4.90 Å². The van der Waals surface area contributed by atoms with Gasteiger partial charge in [-0.1, -0.05) is 19.9 Å². The number of amides is 1. The molecule has 3 nitrogen and oxygen atoms in total. The van der Waals surface area contributed by atoms with Crippen molar-refractivity contribution in [2.24, 2.45) is 5.92 Å². The first-order valence-electron chi connectivity index (χ1n) is 8.07. The van der Waals surface area contributed by atoms with Gasteiger partial charge < -0.3 is 9.64 Å². The molecule has 0 saturated carbocycles. The minimum atomic E-state index is 0.314. The fraction of sp³-hybridized carbons (Fsp3) is 0.706. The quantitative estimate of drug-likeness (QED) is 0.768. The van der Waals surface area contributed by atoms with Crippen molar-refractivity contribution in [3.8, 4) is 0 Å². The Morgan fingerprint density at radius 3 is 2.81 bits per heavy atom. The van der Waals surface area contributed by atoms with E-state index >= 15 is 0 Å². The zero-order valence-corrected chi connectivity index (χ0v) is 14.0. The number of rotatable bonds is 7. The van der Waals surface area contributed by atoms with Crippen LogP contribution in [-0.2, 0) is 16.0 Å². The first-order valence-corrected chi connectivity index (χ1v) is 8.95. The molecule has 4 heteroatoms. The van der Waals surface area contributed by atoms with Gasteiger partial charge in [0.2, 0.25) is 5.91 Å². The second-order valence-corrected chi connectivity index (χ2v) is 7.27. The first-order chi connectivity index (χ1) is 10.1. The summed E-state index contributed by atoms with van der Waals surface area (Å²) in [5, 5.41) is 2.10. The van der Waals surface area contributed by atoms with Gasteiger partial charge in [0.25, 0.3) is 0 Å². The Bertz CT molecular complexity index is 408. The number of nitrogens with zero attached hydrogens (tertiary/aromatic N) is 1. The van der Waals surface area contributed by atoms with Gasteiger partial charge in [0.05, 0.1) is 6.10 Å². The van der Waals surface area contributed by atoms with Gasteiger partial charge in [0.1, 0.15) is 0 Å². The smallest absolute Gasteiger partial charge is 0.222 e.